The molecule has 3 aliphatic carbocycles. The predicted molar refractivity (Wildman–Crippen MR) is 130 cm³/mol. The standard InChI is InChI=1S/C26H48O6S/c1-6-17(2)24(28)23-21(25(4)13-9-19(27)10-14-25)11-15-26(5)20(7-8-22(23)26)18(3)12-16-32-33(29,30)31/h17-24,27-28H,6-16H2,1-5H3,(H,29,30,31)/t17-,18?,19?,20?,21?,22?,23?,24+,25?,26+/m0/s1. The topological polar surface area (TPSA) is 104 Å². The van der Waals surface area contributed by atoms with E-state index in [9.17, 15) is 18.6 Å². The summed E-state index contributed by atoms with van der Waals surface area (Å²) in [5.74, 6) is 2.21. The highest BCUT2D eigenvalue weighted by atomic mass is 32.3. The molecule has 3 saturated carbocycles. The Morgan fingerprint density at radius 2 is 1.64 bits per heavy atom. The Labute approximate surface area is 201 Å². The molecular weight excluding hydrogens is 440 g/mol. The van der Waals surface area contributed by atoms with E-state index in [0.29, 0.717) is 30.1 Å². The van der Waals surface area contributed by atoms with E-state index in [-0.39, 0.29) is 41.5 Å². The van der Waals surface area contributed by atoms with Gasteiger partial charge in [-0.15, -0.1) is 0 Å². The van der Waals surface area contributed by atoms with E-state index in [1.807, 2.05) is 0 Å². The van der Waals surface area contributed by atoms with Crippen molar-refractivity contribution in [3.05, 3.63) is 0 Å². The van der Waals surface area contributed by atoms with Crippen molar-refractivity contribution in [2.45, 2.75) is 111 Å². The van der Waals surface area contributed by atoms with Crippen LogP contribution in [0.1, 0.15) is 98.8 Å². The molecule has 0 bridgehead atoms. The fourth-order valence-corrected chi connectivity index (χ4v) is 8.56. The molecule has 0 radical (unpaired) electrons. The molecule has 0 heterocycles. The number of aliphatic hydroxyl groups excluding tert-OH is 2. The highest BCUT2D eigenvalue weighted by Gasteiger charge is 2.59. The van der Waals surface area contributed by atoms with Crippen molar-refractivity contribution in [2.75, 3.05) is 6.61 Å². The van der Waals surface area contributed by atoms with Crippen LogP contribution in [0.5, 0.6) is 0 Å². The van der Waals surface area contributed by atoms with Crippen LogP contribution in [0.3, 0.4) is 0 Å². The average Bonchev–Trinajstić information content (AvgIpc) is 3.10. The van der Waals surface area contributed by atoms with Gasteiger partial charge in [-0.05, 0) is 104 Å². The zero-order valence-electron chi connectivity index (χ0n) is 21.4. The minimum atomic E-state index is -4.40. The summed E-state index contributed by atoms with van der Waals surface area (Å²) in [6, 6.07) is 0. The van der Waals surface area contributed by atoms with Gasteiger partial charge < -0.3 is 10.2 Å². The van der Waals surface area contributed by atoms with Crippen LogP contribution in [-0.2, 0) is 14.6 Å². The maximum atomic E-state index is 11.7. The molecule has 0 spiro atoms. The Balaban J connectivity index is 1.83. The van der Waals surface area contributed by atoms with Gasteiger partial charge in [-0.2, -0.15) is 8.42 Å². The van der Waals surface area contributed by atoms with Crippen LogP contribution >= 0.6 is 0 Å². The summed E-state index contributed by atoms with van der Waals surface area (Å²) in [6.45, 7) is 11.4. The van der Waals surface area contributed by atoms with Gasteiger partial charge in [-0.25, -0.2) is 4.18 Å². The van der Waals surface area contributed by atoms with Gasteiger partial charge in [0.2, 0.25) is 0 Å². The van der Waals surface area contributed by atoms with E-state index in [1.54, 1.807) is 0 Å². The van der Waals surface area contributed by atoms with Crippen molar-refractivity contribution in [1.29, 1.82) is 0 Å². The zero-order chi connectivity index (χ0) is 24.6. The van der Waals surface area contributed by atoms with Crippen LogP contribution in [0, 0.1) is 46.3 Å². The first-order chi connectivity index (χ1) is 15.3. The van der Waals surface area contributed by atoms with E-state index in [1.165, 1.54) is 0 Å². The first kappa shape index (κ1) is 27.4. The van der Waals surface area contributed by atoms with Crippen LogP contribution in [-0.4, -0.2) is 42.0 Å². The van der Waals surface area contributed by atoms with E-state index in [2.05, 4.69) is 38.8 Å². The van der Waals surface area contributed by atoms with Crippen molar-refractivity contribution >= 4 is 10.4 Å². The summed E-state index contributed by atoms with van der Waals surface area (Å²) in [7, 11) is -4.40. The van der Waals surface area contributed by atoms with E-state index in [4.69, 9.17) is 4.55 Å². The number of aliphatic hydroxyl groups is 2. The first-order valence-electron chi connectivity index (χ1n) is 13.3. The third-order valence-corrected chi connectivity index (χ3v) is 11.0. The van der Waals surface area contributed by atoms with Crippen molar-refractivity contribution < 1.29 is 27.4 Å². The zero-order valence-corrected chi connectivity index (χ0v) is 22.2. The van der Waals surface area contributed by atoms with Gasteiger partial charge in [0.1, 0.15) is 0 Å². The lowest BCUT2D eigenvalue weighted by atomic mass is 9.48. The van der Waals surface area contributed by atoms with Gasteiger partial charge >= 0.3 is 10.4 Å². The van der Waals surface area contributed by atoms with Gasteiger partial charge in [0.05, 0.1) is 18.8 Å². The Bertz CT molecular complexity index is 746. The quantitative estimate of drug-likeness (QED) is 0.384. The minimum absolute atomic E-state index is 0.0131. The normalized spacial score (nSPS) is 42.5. The summed E-state index contributed by atoms with van der Waals surface area (Å²) in [6.07, 6.45) is 9.36. The molecule has 0 aromatic heterocycles. The summed E-state index contributed by atoms with van der Waals surface area (Å²) >= 11 is 0. The minimum Gasteiger partial charge on any atom is -0.393 e. The Hall–Kier alpha value is -0.210. The summed E-state index contributed by atoms with van der Waals surface area (Å²) < 4.78 is 35.4. The fourth-order valence-electron chi connectivity index (χ4n) is 8.25. The summed E-state index contributed by atoms with van der Waals surface area (Å²) in [4.78, 5) is 0. The molecule has 0 aromatic carbocycles. The van der Waals surface area contributed by atoms with Crippen molar-refractivity contribution in [3.8, 4) is 0 Å². The lowest BCUT2D eigenvalue weighted by molar-refractivity contribution is -0.123. The molecule has 33 heavy (non-hydrogen) atoms. The monoisotopic (exact) mass is 488 g/mol. The summed E-state index contributed by atoms with van der Waals surface area (Å²) in [5.41, 5.74) is 0.296. The van der Waals surface area contributed by atoms with Crippen LogP contribution < -0.4 is 0 Å². The Morgan fingerprint density at radius 3 is 2.21 bits per heavy atom. The van der Waals surface area contributed by atoms with Gasteiger partial charge in [0.25, 0.3) is 0 Å². The third-order valence-electron chi connectivity index (χ3n) is 10.5. The molecule has 0 aromatic rings. The van der Waals surface area contributed by atoms with E-state index < -0.39 is 10.4 Å². The molecule has 0 saturated heterocycles. The van der Waals surface area contributed by atoms with Gasteiger partial charge in [0.15, 0.2) is 0 Å². The second-order valence-corrected chi connectivity index (χ2v) is 13.4. The predicted octanol–water partition coefficient (Wildman–Crippen LogP) is 5.24. The van der Waals surface area contributed by atoms with Crippen molar-refractivity contribution in [2.24, 2.45) is 46.3 Å². The second kappa shape index (κ2) is 10.4. The lowest BCUT2D eigenvalue weighted by Gasteiger charge is -2.57. The molecule has 7 heteroatoms. The van der Waals surface area contributed by atoms with E-state index in [0.717, 1.165) is 57.8 Å². The molecule has 3 fully saturated rings. The number of hydrogen-bond donors (Lipinski definition) is 3. The Morgan fingerprint density at radius 1 is 1.00 bits per heavy atom. The van der Waals surface area contributed by atoms with Gasteiger partial charge in [0, 0.05) is 0 Å². The smallest absolute Gasteiger partial charge is 0.393 e. The molecular formula is C26H48O6S. The first-order valence-corrected chi connectivity index (χ1v) is 14.7. The average molecular weight is 489 g/mol. The summed E-state index contributed by atoms with van der Waals surface area (Å²) in [5, 5.41) is 21.8. The van der Waals surface area contributed by atoms with E-state index >= 15 is 0 Å². The largest absolute Gasteiger partial charge is 0.397 e. The molecule has 3 N–H and O–H groups in total. The van der Waals surface area contributed by atoms with Crippen LogP contribution in [0.2, 0.25) is 0 Å². The maximum Gasteiger partial charge on any atom is 0.397 e. The molecule has 0 aliphatic heterocycles. The molecule has 6 nitrogen and oxygen atoms in total. The third kappa shape index (κ3) is 5.79. The lowest BCUT2D eigenvalue weighted by Crippen LogP contribution is -2.53. The molecule has 3 rings (SSSR count). The maximum absolute atomic E-state index is 11.7. The SMILES string of the molecule is CC[C@H](C)[C@@H](O)C1C(C2(C)CCC(O)CC2)CC[C@]2(C)C(C(C)CCOS(=O)(=O)O)CCC12. The second-order valence-electron chi connectivity index (χ2n) is 12.3. The Kier molecular flexibility index (Phi) is 8.64. The van der Waals surface area contributed by atoms with Crippen LogP contribution in [0.25, 0.3) is 0 Å². The highest BCUT2D eigenvalue weighted by Crippen LogP contribution is 2.65. The number of rotatable bonds is 9. The fraction of sp³-hybridized carbons (Fsp3) is 1.00. The van der Waals surface area contributed by atoms with Crippen LogP contribution in [0.15, 0.2) is 0 Å². The molecule has 8 atom stereocenters. The van der Waals surface area contributed by atoms with Crippen LogP contribution in [0.4, 0.5) is 0 Å². The number of hydrogen-bond acceptors (Lipinski definition) is 5. The molecule has 194 valence electrons. The van der Waals surface area contributed by atoms with Gasteiger partial charge in [-0.3, -0.25) is 4.55 Å². The van der Waals surface area contributed by atoms with Crippen molar-refractivity contribution in [1.82, 2.24) is 0 Å². The van der Waals surface area contributed by atoms with Crippen molar-refractivity contribution in [3.63, 3.8) is 0 Å². The molecule has 0 amide bonds. The highest BCUT2D eigenvalue weighted by molar-refractivity contribution is 7.80. The number of fused-ring (bicyclic) bond motifs is 1. The molecule has 5 unspecified atom stereocenters. The van der Waals surface area contributed by atoms with Gasteiger partial charge in [-0.1, -0.05) is 41.0 Å². The molecule has 3 aliphatic rings.